The third-order valence-corrected chi connectivity index (χ3v) is 3.40. The normalized spacial score (nSPS) is 19.7. The third-order valence-electron chi connectivity index (χ3n) is 3.40. The third kappa shape index (κ3) is 3.39. The van der Waals surface area contributed by atoms with Crippen LogP contribution in [0.15, 0.2) is 24.3 Å². The van der Waals surface area contributed by atoms with Gasteiger partial charge in [0.05, 0.1) is 19.2 Å². The van der Waals surface area contributed by atoms with Crippen LogP contribution in [0.5, 0.6) is 5.75 Å². The highest BCUT2D eigenvalue weighted by molar-refractivity contribution is 5.85. The molecule has 1 amide bonds. The Labute approximate surface area is 120 Å². The fraction of sp³-hybridized carbons (Fsp3) is 0.500. The first-order chi connectivity index (χ1) is 8.63. The molecule has 1 aromatic carbocycles. The number of methoxy groups -OCH3 is 1. The van der Waals surface area contributed by atoms with Gasteiger partial charge in [0.25, 0.3) is 0 Å². The first-order valence-corrected chi connectivity index (χ1v) is 6.33. The quantitative estimate of drug-likeness (QED) is 0.925. The smallest absolute Gasteiger partial charge is 0.239 e. The Kier molecular flexibility index (Phi) is 5.63. The van der Waals surface area contributed by atoms with Gasteiger partial charge in [0.2, 0.25) is 5.91 Å². The zero-order valence-corrected chi connectivity index (χ0v) is 12.2. The Balaban J connectivity index is 0.00000180. The van der Waals surface area contributed by atoms with E-state index >= 15 is 0 Å². The summed E-state index contributed by atoms with van der Waals surface area (Å²) in [5.74, 6) is 0.855. The standard InChI is InChI=1S/C14H20N2O2.ClH/c1-10(15)14(17)16-8-4-7-13(16)11-5-3-6-12(9-11)18-2;/h3,5-6,9-10,13H,4,7-8,15H2,1-2H3;1H/t10-,13?;/m0./s1. The molecule has 1 aliphatic heterocycles. The predicted molar refractivity (Wildman–Crippen MR) is 77.6 cm³/mol. The lowest BCUT2D eigenvalue weighted by Gasteiger charge is -2.26. The van der Waals surface area contributed by atoms with Gasteiger partial charge in [0, 0.05) is 6.54 Å². The molecule has 0 bridgehead atoms. The van der Waals surface area contributed by atoms with Crippen LogP contribution < -0.4 is 10.5 Å². The van der Waals surface area contributed by atoms with E-state index in [4.69, 9.17) is 10.5 Å². The zero-order valence-electron chi connectivity index (χ0n) is 11.3. The highest BCUT2D eigenvalue weighted by Crippen LogP contribution is 2.33. The fourth-order valence-electron chi connectivity index (χ4n) is 2.49. The number of hydrogen-bond acceptors (Lipinski definition) is 3. The molecular formula is C14H21ClN2O2. The summed E-state index contributed by atoms with van der Waals surface area (Å²) in [6.45, 7) is 2.53. The summed E-state index contributed by atoms with van der Waals surface area (Å²) < 4.78 is 5.23. The molecule has 2 atom stereocenters. The molecule has 1 saturated heterocycles. The van der Waals surface area contributed by atoms with Crippen molar-refractivity contribution in [2.75, 3.05) is 13.7 Å². The number of rotatable bonds is 3. The number of amides is 1. The average molecular weight is 285 g/mol. The summed E-state index contributed by atoms with van der Waals surface area (Å²) in [4.78, 5) is 13.9. The second-order valence-corrected chi connectivity index (χ2v) is 4.75. The van der Waals surface area contributed by atoms with E-state index in [0.29, 0.717) is 0 Å². The number of halogens is 1. The minimum atomic E-state index is -0.434. The van der Waals surface area contributed by atoms with Crippen LogP contribution in [-0.2, 0) is 4.79 Å². The van der Waals surface area contributed by atoms with Crippen molar-refractivity contribution in [2.24, 2.45) is 5.73 Å². The van der Waals surface area contributed by atoms with Crippen molar-refractivity contribution >= 4 is 18.3 Å². The molecule has 1 aromatic rings. The molecule has 0 saturated carbocycles. The van der Waals surface area contributed by atoms with E-state index in [-0.39, 0.29) is 24.4 Å². The van der Waals surface area contributed by atoms with E-state index in [1.807, 2.05) is 29.2 Å². The van der Waals surface area contributed by atoms with Crippen molar-refractivity contribution in [2.45, 2.75) is 31.8 Å². The van der Waals surface area contributed by atoms with Crippen molar-refractivity contribution < 1.29 is 9.53 Å². The molecule has 2 rings (SSSR count). The van der Waals surface area contributed by atoms with Crippen molar-refractivity contribution in [3.05, 3.63) is 29.8 Å². The number of nitrogens with zero attached hydrogens (tertiary/aromatic N) is 1. The number of ether oxygens (including phenoxy) is 1. The minimum Gasteiger partial charge on any atom is -0.497 e. The van der Waals surface area contributed by atoms with Crippen LogP contribution in [0.2, 0.25) is 0 Å². The zero-order chi connectivity index (χ0) is 13.1. The van der Waals surface area contributed by atoms with Crippen molar-refractivity contribution in [3.8, 4) is 5.75 Å². The van der Waals surface area contributed by atoms with E-state index in [1.165, 1.54) is 0 Å². The van der Waals surface area contributed by atoms with E-state index in [2.05, 4.69) is 0 Å². The Morgan fingerprint density at radius 1 is 1.53 bits per heavy atom. The van der Waals surface area contributed by atoms with Crippen LogP contribution >= 0.6 is 12.4 Å². The second kappa shape index (κ2) is 6.78. The van der Waals surface area contributed by atoms with Gasteiger partial charge in [0.1, 0.15) is 5.75 Å². The van der Waals surface area contributed by atoms with Gasteiger partial charge in [-0.2, -0.15) is 0 Å². The Bertz CT molecular complexity index is 437. The molecule has 19 heavy (non-hydrogen) atoms. The van der Waals surface area contributed by atoms with Crippen molar-refractivity contribution in [1.82, 2.24) is 4.90 Å². The number of likely N-dealkylation sites (tertiary alicyclic amines) is 1. The van der Waals surface area contributed by atoms with Crippen LogP contribution in [-0.4, -0.2) is 30.5 Å². The highest BCUT2D eigenvalue weighted by atomic mass is 35.5. The van der Waals surface area contributed by atoms with Gasteiger partial charge in [-0.25, -0.2) is 0 Å². The SMILES string of the molecule is COc1cccc(C2CCCN2C(=O)[C@H](C)N)c1.Cl. The summed E-state index contributed by atoms with van der Waals surface area (Å²) in [5.41, 5.74) is 6.82. The molecule has 4 nitrogen and oxygen atoms in total. The van der Waals surface area contributed by atoms with Gasteiger partial charge in [-0.1, -0.05) is 12.1 Å². The summed E-state index contributed by atoms with van der Waals surface area (Å²) in [5, 5.41) is 0. The molecule has 1 heterocycles. The number of hydrogen-bond donors (Lipinski definition) is 1. The monoisotopic (exact) mass is 284 g/mol. The van der Waals surface area contributed by atoms with Gasteiger partial charge < -0.3 is 15.4 Å². The second-order valence-electron chi connectivity index (χ2n) is 4.75. The minimum absolute atomic E-state index is 0. The summed E-state index contributed by atoms with van der Waals surface area (Å²) in [6.07, 6.45) is 2.02. The Morgan fingerprint density at radius 2 is 2.26 bits per heavy atom. The van der Waals surface area contributed by atoms with Gasteiger partial charge in [-0.15, -0.1) is 12.4 Å². The van der Waals surface area contributed by atoms with E-state index in [1.54, 1.807) is 14.0 Å². The van der Waals surface area contributed by atoms with E-state index in [0.717, 1.165) is 30.7 Å². The van der Waals surface area contributed by atoms with Crippen LogP contribution in [0.1, 0.15) is 31.4 Å². The maximum absolute atomic E-state index is 12.1. The highest BCUT2D eigenvalue weighted by Gasteiger charge is 2.31. The van der Waals surface area contributed by atoms with Crippen LogP contribution in [0.25, 0.3) is 0 Å². The molecule has 106 valence electrons. The molecule has 0 aliphatic carbocycles. The number of carbonyl (C=O) groups is 1. The predicted octanol–water partition coefficient (Wildman–Crippen LogP) is 2.13. The van der Waals surface area contributed by atoms with Gasteiger partial charge in [-0.05, 0) is 37.5 Å². The van der Waals surface area contributed by atoms with Gasteiger partial charge in [0.15, 0.2) is 0 Å². The topological polar surface area (TPSA) is 55.6 Å². The molecule has 0 aromatic heterocycles. The van der Waals surface area contributed by atoms with Crippen LogP contribution in [0.3, 0.4) is 0 Å². The first-order valence-electron chi connectivity index (χ1n) is 6.33. The number of benzene rings is 1. The molecule has 0 spiro atoms. The number of nitrogens with two attached hydrogens (primary N) is 1. The molecule has 0 radical (unpaired) electrons. The lowest BCUT2D eigenvalue weighted by molar-refractivity contribution is -0.133. The fourth-order valence-corrected chi connectivity index (χ4v) is 2.49. The molecule has 5 heteroatoms. The molecule has 1 unspecified atom stereocenters. The van der Waals surface area contributed by atoms with Crippen molar-refractivity contribution in [3.63, 3.8) is 0 Å². The van der Waals surface area contributed by atoms with E-state index < -0.39 is 6.04 Å². The largest absolute Gasteiger partial charge is 0.497 e. The Morgan fingerprint density at radius 3 is 2.89 bits per heavy atom. The molecule has 1 fully saturated rings. The average Bonchev–Trinajstić information content (AvgIpc) is 2.86. The Hall–Kier alpha value is -1.26. The van der Waals surface area contributed by atoms with Gasteiger partial charge >= 0.3 is 0 Å². The number of carbonyl (C=O) groups excluding carboxylic acids is 1. The van der Waals surface area contributed by atoms with E-state index in [9.17, 15) is 4.79 Å². The van der Waals surface area contributed by atoms with Crippen LogP contribution in [0, 0.1) is 0 Å². The molecule has 1 aliphatic rings. The van der Waals surface area contributed by atoms with Crippen molar-refractivity contribution in [1.29, 1.82) is 0 Å². The van der Waals surface area contributed by atoms with Gasteiger partial charge in [-0.3, -0.25) is 4.79 Å². The maximum atomic E-state index is 12.1. The lowest BCUT2D eigenvalue weighted by atomic mass is 10.0. The lowest BCUT2D eigenvalue weighted by Crippen LogP contribution is -2.41. The van der Waals surface area contributed by atoms with Crippen LogP contribution in [0.4, 0.5) is 0 Å². The first kappa shape index (κ1) is 15.8. The summed E-state index contributed by atoms with van der Waals surface area (Å²) in [7, 11) is 1.65. The summed E-state index contributed by atoms with van der Waals surface area (Å²) in [6, 6.07) is 7.61. The maximum Gasteiger partial charge on any atom is 0.239 e. The summed E-state index contributed by atoms with van der Waals surface area (Å²) >= 11 is 0. The molecular weight excluding hydrogens is 264 g/mol. The molecule has 2 N–H and O–H groups in total.